The maximum absolute atomic E-state index is 13.2. The van der Waals surface area contributed by atoms with E-state index < -0.39 is 12.1 Å². The molecule has 10 aliphatic heterocycles. The lowest BCUT2D eigenvalue weighted by Gasteiger charge is -2.42. The third-order valence-corrected chi connectivity index (χ3v) is 26.7. The van der Waals surface area contributed by atoms with Crippen LogP contribution in [0.4, 0.5) is 17.2 Å². The summed E-state index contributed by atoms with van der Waals surface area (Å²) in [5.41, 5.74) is 13.7. The van der Waals surface area contributed by atoms with Crippen molar-refractivity contribution in [1.82, 2.24) is 64.5 Å². The lowest BCUT2D eigenvalue weighted by Crippen LogP contribution is -2.54. The Hall–Kier alpha value is -8.99. The first-order valence-corrected chi connectivity index (χ1v) is 44.4. The Balaban J connectivity index is 0.000000150. The van der Waals surface area contributed by atoms with Crippen LogP contribution in [0, 0.1) is 11.8 Å². The molecule has 27 heteroatoms. The van der Waals surface area contributed by atoms with Gasteiger partial charge >= 0.3 is 0 Å². The molecule has 0 bridgehead atoms. The Labute approximate surface area is 706 Å². The summed E-state index contributed by atoms with van der Waals surface area (Å²) in [6, 6.07) is 28.6. The molecule has 119 heavy (non-hydrogen) atoms. The highest BCUT2D eigenvalue weighted by Gasteiger charge is 2.42. The van der Waals surface area contributed by atoms with Gasteiger partial charge in [-0.1, -0.05) is 23.7 Å². The van der Waals surface area contributed by atoms with Gasteiger partial charge in [-0.05, 0) is 201 Å². The Morgan fingerprint density at radius 2 is 0.924 bits per heavy atom. The number of carbonyl (C=O) groups is 6. The van der Waals surface area contributed by atoms with E-state index in [9.17, 15) is 28.8 Å². The lowest BCUT2D eigenvalue weighted by atomic mass is 9.92. The summed E-state index contributed by atoms with van der Waals surface area (Å²) in [4.78, 5) is 128. The minimum absolute atomic E-state index is 0.00616. The summed E-state index contributed by atoms with van der Waals surface area (Å²) in [5, 5.41) is 3.91. The number of anilines is 3. The van der Waals surface area contributed by atoms with Crippen molar-refractivity contribution in [2.75, 3.05) is 172 Å². The number of rotatable bonds is 21. The average Bonchev–Trinajstić information content (AvgIpc) is 1.69. The van der Waals surface area contributed by atoms with Crippen LogP contribution in [0.5, 0.6) is 11.5 Å². The van der Waals surface area contributed by atoms with Crippen LogP contribution >= 0.6 is 11.6 Å². The molecule has 2 aliphatic carbocycles. The van der Waals surface area contributed by atoms with E-state index in [4.69, 9.17) is 31.1 Å². The predicted molar refractivity (Wildman–Crippen MR) is 463 cm³/mol. The van der Waals surface area contributed by atoms with Crippen molar-refractivity contribution < 1.29 is 38.2 Å². The van der Waals surface area contributed by atoms with E-state index in [2.05, 4.69) is 126 Å². The van der Waals surface area contributed by atoms with Gasteiger partial charge in [-0.15, -0.1) is 0 Å². The van der Waals surface area contributed by atoms with Crippen LogP contribution in [0.2, 0.25) is 5.15 Å². The highest BCUT2D eigenvalue weighted by molar-refractivity contribution is 6.30. The maximum atomic E-state index is 13.2. The first-order chi connectivity index (χ1) is 57.7. The molecular formula is C92H119ClN18O8. The van der Waals surface area contributed by atoms with Crippen LogP contribution in [0.3, 0.4) is 0 Å². The number of hydrogen-bond donors (Lipinski definition) is 1. The van der Waals surface area contributed by atoms with Gasteiger partial charge in [0.25, 0.3) is 11.8 Å². The number of likely N-dealkylation sites (tertiary alicyclic amines) is 2. The summed E-state index contributed by atoms with van der Waals surface area (Å²) >= 11 is 5.92. The number of Topliss-reactive ketones (excluding diaryl/α,β-unsaturated/α-hetero) is 4. The fourth-order valence-corrected chi connectivity index (χ4v) is 19.8. The zero-order valence-electron chi connectivity index (χ0n) is 70.5. The number of piperidine rings is 2. The highest BCUT2D eigenvalue weighted by atomic mass is 35.5. The van der Waals surface area contributed by atoms with Gasteiger partial charge in [-0.3, -0.25) is 58.4 Å². The number of nitrogens with one attached hydrogen (secondary N) is 1. The molecule has 1 N–H and O–H groups in total. The molecule has 12 heterocycles. The molecule has 6 saturated heterocycles. The van der Waals surface area contributed by atoms with Crippen molar-refractivity contribution in [1.29, 1.82) is 0 Å². The molecule has 2 unspecified atom stereocenters. The van der Waals surface area contributed by atoms with Crippen LogP contribution in [0.15, 0.2) is 108 Å². The molecule has 0 radical (unpaired) electrons. The lowest BCUT2D eigenvalue weighted by molar-refractivity contribution is -0.134. The quantitative estimate of drug-likeness (QED) is 0.0521. The smallest absolute Gasteiger partial charge is 0.255 e. The Bertz CT molecular complexity index is 4740. The van der Waals surface area contributed by atoms with Crippen molar-refractivity contribution >= 4 is 75.2 Å². The number of amides is 2. The molecule has 4 aromatic carbocycles. The minimum atomic E-state index is -0.471. The van der Waals surface area contributed by atoms with Gasteiger partial charge in [0.15, 0.2) is 11.6 Å². The number of ketones is 4. The van der Waals surface area contributed by atoms with Gasteiger partial charge in [0.2, 0.25) is 0 Å². The molecular weight excluding hydrogens is 1520 g/mol. The van der Waals surface area contributed by atoms with Gasteiger partial charge in [0, 0.05) is 215 Å². The third-order valence-electron chi connectivity index (χ3n) is 26.5. The number of benzene rings is 4. The van der Waals surface area contributed by atoms with Gasteiger partial charge < -0.3 is 49.1 Å². The molecule has 2 aromatic heterocycles. The second kappa shape index (κ2) is 38.0. The van der Waals surface area contributed by atoms with Crippen molar-refractivity contribution in [3.05, 3.63) is 159 Å². The summed E-state index contributed by atoms with van der Waals surface area (Å²) < 4.78 is 11.7. The Kier molecular flexibility index (Phi) is 26.7. The van der Waals surface area contributed by atoms with Crippen molar-refractivity contribution in [2.24, 2.45) is 21.8 Å². The Morgan fingerprint density at radius 1 is 0.454 bits per heavy atom. The number of halogens is 1. The molecule has 2 amide bonds. The van der Waals surface area contributed by atoms with E-state index in [-0.39, 0.29) is 60.0 Å². The second-order valence-corrected chi connectivity index (χ2v) is 35.8. The van der Waals surface area contributed by atoms with E-state index in [1.807, 2.05) is 64.1 Å². The summed E-state index contributed by atoms with van der Waals surface area (Å²) in [6.45, 7) is 41.4. The zero-order chi connectivity index (χ0) is 82.4. The number of ether oxygens (including phenoxy) is 2. The molecule has 26 nitrogen and oxygen atoms in total. The SMILES string of the molecule is CC(C)Oc1ccc2c(c1)C(c1cc(Cl)ncn1)=NC2.CC(C)Oc1ccc2c(c1)C(c1cc(N3CCN(CCN4CCC(CN5CCN(c6ccc7c(c6)CN(C6CCC(=O)CC6=O)C7=O)CC5)CC4)[C@@H](C)C3)ncn1)=NC2.C[C@H]1CNCCN1CCN1CCC(CN2CCN(c3ccc4c(c3)CN(C3CCC(=O)CC3=O)C4=O)CC2)CC1. The van der Waals surface area contributed by atoms with E-state index in [0.29, 0.717) is 80.2 Å². The van der Waals surface area contributed by atoms with Crippen molar-refractivity contribution in [3.63, 3.8) is 0 Å². The third kappa shape index (κ3) is 20.1. The summed E-state index contributed by atoms with van der Waals surface area (Å²) in [5.74, 6) is 3.83. The molecule has 0 spiro atoms. The Morgan fingerprint density at radius 3 is 1.39 bits per heavy atom. The molecule has 8 fully saturated rings. The fourth-order valence-electron chi connectivity index (χ4n) is 19.7. The number of nitrogens with zero attached hydrogens (tertiary/aromatic N) is 17. The maximum Gasteiger partial charge on any atom is 0.255 e. The molecule has 18 rings (SSSR count). The number of piperazine rings is 4. The molecule has 12 aliphatic rings. The van der Waals surface area contributed by atoms with E-state index >= 15 is 0 Å². The molecule has 2 saturated carbocycles. The van der Waals surface area contributed by atoms with Crippen LogP contribution < -0.4 is 29.5 Å². The minimum Gasteiger partial charge on any atom is -0.491 e. The van der Waals surface area contributed by atoms with Crippen LogP contribution in [-0.4, -0.2) is 299 Å². The normalized spacial score (nSPS) is 23.4. The zero-order valence-corrected chi connectivity index (χ0v) is 71.2. The van der Waals surface area contributed by atoms with E-state index in [0.717, 1.165) is 178 Å². The largest absolute Gasteiger partial charge is 0.491 e. The van der Waals surface area contributed by atoms with Crippen LogP contribution in [0.25, 0.3) is 0 Å². The average molecular weight is 1640 g/mol. The number of aliphatic imine (C=N–C) groups is 2. The van der Waals surface area contributed by atoms with Crippen molar-refractivity contribution in [3.8, 4) is 11.5 Å². The monoisotopic (exact) mass is 1640 g/mol. The van der Waals surface area contributed by atoms with Gasteiger partial charge in [-0.2, -0.15) is 0 Å². The first kappa shape index (κ1) is 83.7. The summed E-state index contributed by atoms with van der Waals surface area (Å²) in [7, 11) is 0. The van der Waals surface area contributed by atoms with E-state index in [1.165, 1.54) is 108 Å². The van der Waals surface area contributed by atoms with Gasteiger partial charge in [-0.25, -0.2) is 19.9 Å². The van der Waals surface area contributed by atoms with Gasteiger partial charge in [0.05, 0.1) is 73.0 Å². The summed E-state index contributed by atoms with van der Waals surface area (Å²) in [6.07, 6.45) is 10.1. The predicted octanol–water partition coefficient (Wildman–Crippen LogP) is 9.04. The molecule has 4 atom stereocenters. The number of carbonyl (C=O) groups excluding carboxylic acids is 6. The molecule has 6 aromatic rings. The number of hydrogen-bond acceptors (Lipinski definition) is 24. The molecule has 632 valence electrons. The number of aromatic nitrogens is 4. The fraction of sp³-hybridized carbons (Fsp3) is 0.565. The topological polar surface area (TPSA) is 245 Å². The second-order valence-electron chi connectivity index (χ2n) is 35.4. The van der Waals surface area contributed by atoms with Gasteiger partial charge in [0.1, 0.15) is 46.7 Å². The van der Waals surface area contributed by atoms with Crippen molar-refractivity contribution in [2.45, 2.75) is 168 Å². The van der Waals surface area contributed by atoms with Crippen LogP contribution in [-0.2, 0) is 45.4 Å². The number of fused-ring (bicyclic) bond motifs is 4. The van der Waals surface area contributed by atoms with E-state index in [1.54, 1.807) is 22.2 Å². The standard InChI is InChI=1S/C46H59N9O4.C31H46N6O3.C15H14ClN3O/c1-31(2)59-38-7-4-34-26-47-45(40(34)24-38)41-25-44(49-30-48-41)54-21-20-52(32(3)27-54)17-14-50-12-10-33(11-13-50)28-51-15-18-53(19-16-51)36-5-8-39-35(22-36)29-55(46(39)58)42-9-6-37(56)23-43(42)57;1-23-20-32-8-11-35(23)15-12-33-9-6-24(7-10-33)21-34-13-16-36(17-14-34)26-2-4-28-25(18-26)22-37(31(28)40)29-5-3-27(38)19-30(29)39;1-9(2)20-11-4-3-10-7-17-15(12(10)5-11)13-6-14(16)19-8-18-13/h4-5,7-8,22,24-25,30-33,42H,6,9-21,23,26-29H2,1-3H3;2,4,18,23-24,29,32H,3,5-17,19-22H2,1H3;3-6,8-9H,7H2,1-2H3/t32-,42?;23-,29?;/m00./s1. The first-order valence-electron chi connectivity index (χ1n) is 44.0. The highest BCUT2D eigenvalue weighted by Crippen LogP contribution is 2.37. The van der Waals surface area contributed by atoms with Crippen LogP contribution in [0.1, 0.15) is 171 Å².